The Morgan fingerprint density at radius 1 is 1.55 bits per heavy atom. The lowest BCUT2D eigenvalue weighted by Gasteiger charge is -2.24. The highest BCUT2D eigenvalue weighted by atomic mass is 19.4. The van der Waals surface area contributed by atoms with Crippen molar-refractivity contribution in [2.45, 2.75) is 6.18 Å². The molecule has 0 saturated carbocycles. The molecule has 1 N–H and O–H groups in total. The summed E-state index contributed by atoms with van der Waals surface area (Å²) in [4.78, 5) is 17.1. The van der Waals surface area contributed by atoms with E-state index in [-0.39, 0.29) is 25.6 Å². The van der Waals surface area contributed by atoms with Crippen LogP contribution in [0.5, 0.6) is 0 Å². The maximum absolute atomic E-state index is 13.0. The van der Waals surface area contributed by atoms with Crippen LogP contribution in [-0.2, 0) is 10.9 Å². The van der Waals surface area contributed by atoms with Crippen LogP contribution in [-0.4, -0.2) is 53.8 Å². The highest BCUT2D eigenvalue weighted by molar-refractivity contribution is 5.95. The number of rotatable bonds is 2. The molecule has 22 heavy (non-hydrogen) atoms. The van der Waals surface area contributed by atoms with Crippen molar-refractivity contribution in [3.05, 3.63) is 29.6 Å². The topological polar surface area (TPSA) is 62.7 Å². The number of likely N-dealkylation sites (tertiary alicyclic amines) is 1. The minimum atomic E-state index is -4.68. The van der Waals surface area contributed by atoms with E-state index in [1.807, 2.05) is 0 Å². The molecule has 0 spiro atoms. The predicted octanol–water partition coefficient (Wildman–Crippen LogP) is 1.18. The van der Waals surface area contributed by atoms with E-state index in [0.717, 1.165) is 12.3 Å². The zero-order chi connectivity index (χ0) is 16.0. The second-order valence-corrected chi connectivity index (χ2v) is 5.82. The fraction of sp³-hybridized carbons (Fsp3) is 0.571. The summed E-state index contributed by atoms with van der Waals surface area (Å²) in [6.45, 7) is 1.05. The number of aromatic nitrogens is 1. The number of aliphatic hydroxyl groups excluding tert-OH is 1. The van der Waals surface area contributed by atoms with E-state index in [4.69, 9.17) is 4.74 Å². The highest BCUT2D eigenvalue weighted by Crippen LogP contribution is 2.41. The van der Waals surface area contributed by atoms with Gasteiger partial charge in [-0.15, -0.1) is 0 Å². The van der Waals surface area contributed by atoms with Gasteiger partial charge in [0.1, 0.15) is 0 Å². The molecule has 1 aromatic rings. The van der Waals surface area contributed by atoms with Crippen molar-refractivity contribution in [1.29, 1.82) is 0 Å². The minimum Gasteiger partial charge on any atom is -0.396 e. The third kappa shape index (κ3) is 2.36. The monoisotopic (exact) mass is 316 g/mol. The number of hydrogen-bond donors (Lipinski definition) is 1. The van der Waals surface area contributed by atoms with Gasteiger partial charge < -0.3 is 14.7 Å². The van der Waals surface area contributed by atoms with Gasteiger partial charge in [-0.2, -0.15) is 13.2 Å². The molecular weight excluding hydrogens is 301 g/mol. The highest BCUT2D eigenvalue weighted by Gasteiger charge is 2.52. The Kier molecular flexibility index (Phi) is 3.60. The van der Waals surface area contributed by atoms with Gasteiger partial charge in [-0.3, -0.25) is 9.78 Å². The number of carbonyl (C=O) groups is 1. The first-order valence-corrected chi connectivity index (χ1v) is 6.87. The van der Waals surface area contributed by atoms with Crippen molar-refractivity contribution < 1.29 is 27.8 Å². The van der Waals surface area contributed by atoms with Gasteiger partial charge in [0, 0.05) is 30.6 Å². The molecule has 3 heterocycles. The van der Waals surface area contributed by atoms with Gasteiger partial charge in [-0.1, -0.05) is 0 Å². The van der Waals surface area contributed by atoms with Crippen LogP contribution >= 0.6 is 0 Å². The molecule has 0 bridgehead atoms. The van der Waals surface area contributed by atoms with Crippen LogP contribution in [0.4, 0.5) is 13.2 Å². The van der Waals surface area contributed by atoms with Crippen molar-refractivity contribution >= 4 is 5.91 Å². The van der Waals surface area contributed by atoms with Crippen LogP contribution in [0.15, 0.2) is 18.3 Å². The van der Waals surface area contributed by atoms with Crippen molar-refractivity contribution in [1.82, 2.24) is 9.88 Å². The summed E-state index contributed by atoms with van der Waals surface area (Å²) in [5, 5.41) is 9.57. The van der Waals surface area contributed by atoms with Gasteiger partial charge in [0.15, 0.2) is 5.69 Å². The van der Waals surface area contributed by atoms with Crippen molar-refractivity contribution in [2.24, 2.45) is 11.3 Å². The SMILES string of the molecule is O=C(c1cccnc1C(F)(F)F)N1C[C@H]2COC[C@@]2(CO)C1. The summed E-state index contributed by atoms with van der Waals surface area (Å²) in [5.41, 5.74) is -2.19. The summed E-state index contributed by atoms with van der Waals surface area (Å²) < 4.78 is 44.3. The minimum absolute atomic E-state index is 0.0486. The number of ether oxygens (including phenoxy) is 1. The van der Waals surface area contributed by atoms with E-state index in [0.29, 0.717) is 13.2 Å². The fourth-order valence-electron chi connectivity index (χ4n) is 3.18. The Morgan fingerprint density at radius 2 is 2.32 bits per heavy atom. The lowest BCUT2D eigenvalue weighted by atomic mass is 9.82. The molecule has 2 fully saturated rings. The summed E-state index contributed by atoms with van der Waals surface area (Å²) in [6.07, 6.45) is -3.67. The third-order valence-electron chi connectivity index (χ3n) is 4.43. The van der Waals surface area contributed by atoms with E-state index in [2.05, 4.69) is 4.98 Å². The molecule has 1 aromatic heterocycles. The Morgan fingerprint density at radius 3 is 2.95 bits per heavy atom. The molecule has 5 nitrogen and oxygen atoms in total. The molecule has 0 aromatic carbocycles. The second-order valence-electron chi connectivity index (χ2n) is 5.82. The standard InChI is InChI=1S/C14H15F3N2O3/c15-14(16,17)11-10(2-1-3-18-11)12(21)19-4-9-5-22-8-13(9,6-19)7-20/h1-3,9,20H,4-8H2/t9-,13-/m0/s1. The van der Waals surface area contributed by atoms with Crippen LogP contribution in [0.2, 0.25) is 0 Å². The van der Waals surface area contributed by atoms with Gasteiger partial charge in [-0.05, 0) is 12.1 Å². The molecule has 0 aliphatic carbocycles. The first-order valence-electron chi connectivity index (χ1n) is 6.87. The molecule has 1 amide bonds. The lowest BCUT2D eigenvalue weighted by Crippen LogP contribution is -2.37. The maximum Gasteiger partial charge on any atom is 0.434 e. The number of pyridine rings is 1. The van der Waals surface area contributed by atoms with Crippen molar-refractivity contribution in [3.8, 4) is 0 Å². The number of amides is 1. The summed E-state index contributed by atoms with van der Waals surface area (Å²) >= 11 is 0. The van der Waals surface area contributed by atoms with Gasteiger partial charge in [-0.25, -0.2) is 0 Å². The second kappa shape index (κ2) is 5.20. The van der Waals surface area contributed by atoms with Crippen LogP contribution < -0.4 is 0 Å². The molecule has 2 atom stereocenters. The number of nitrogens with zero attached hydrogens (tertiary/aromatic N) is 2. The van der Waals surface area contributed by atoms with Crippen LogP contribution in [0.1, 0.15) is 16.1 Å². The summed E-state index contributed by atoms with van der Waals surface area (Å²) in [6, 6.07) is 2.44. The van der Waals surface area contributed by atoms with Crippen LogP contribution in [0, 0.1) is 11.3 Å². The maximum atomic E-state index is 13.0. The van der Waals surface area contributed by atoms with Gasteiger partial charge in [0.25, 0.3) is 5.91 Å². The largest absolute Gasteiger partial charge is 0.434 e. The number of hydrogen-bond acceptors (Lipinski definition) is 4. The smallest absolute Gasteiger partial charge is 0.396 e. The Hall–Kier alpha value is -1.67. The number of carbonyl (C=O) groups excluding carboxylic acids is 1. The summed E-state index contributed by atoms with van der Waals surface area (Å²) in [5.74, 6) is -0.755. The van der Waals surface area contributed by atoms with Crippen LogP contribution in [0.3, 0.4) is 0 Å². The molecule has 2 aliphatic heterocycles. The summed E-state index contributed by atoms with van der Waals surface area (Å²) in [7, 11) is 0. The normalized spacial score (nSPS) is 28.0. The number of aliphatic hydroxyl groups is 1. The molecular formula is C14H15F3N2O3. The predicted molar refractivity (Wildman–Crippen MR) is 69.0 cm³/mol. The van der Waals surface area contributed by atoms with E-state index in [1.165, 1.54) is 11.0 Å². The first-order chi connectivity index (χ1) is 10.4. The van der Waals surface area contributed by atoms with Crippen LogP contribution in [0.25, 0.3) is 0 Å². The average Bonchev–Trinajstić information content (AvgIpc) is 3.02. The quantitative estimate of drug-likeness (QED) is 0.890. The van der Waals surface area contributed by atoms with E-state index >= 15 is 0 Å². The number of alkyl halides is 3. The Bertz CT molecular complexity index is 593. The molecule has 2 saturated heterocycles. The van der Waals surface area contributed by atoms with Crippen molar-refractivity contribution in [2.75, 3.05) is 32.9 Å². The van der Waals surface area contributed by atoms with E-state index < -0.39 is 28.8 Å². The Balaban J connectivity index is 1.88. The van der Waals surface area contributed by atoms with E-state index in [9.17, 15) is 23.1 Å². The first kappa shape index (κ1) is 15.2. The molecule has 3 rings (SSSR count). The zero-order valence-electron chi connectivity index (χ0n) is 11.6. The van der Waals surface area contributed by atoms with Gasteiger partial charge >= 0.3 is 6.18 Å². The number of halogens is 3. The fourth-order valence-corrected chi connectivity index (χ4v) is 3.18. The van der Waals surface area contributed by atoms with Gasteiger partial charge in [0.05, 0.1) is 25.4 Å². The van der Waals surface area contributed by atoms with Gasteiger partial charge in [0.2, 0.25) is 0 Å². The average molecular weight is 316 g/mol. The lowest BCUT2D eigenvalue weighted by molar-refractivity contribution is -0.141. The Labute approximate surface area is 124 Å². The van der Waals surface area contributed by atoms with E-state index in [1.54, 1.807) is 0 Å². The van der Waals surface area contributed by atoms with Crippen molar-refractivity contribution in [3.63, 3.8) is 0 Å². The molecule has 120 valence electrons. The number of fused-ring (bicyclic) bond motifs is 1. The molecule has 0 unspecified atom stereocenters. The molecule has 2 aliphatic rings. The zero-order valence-corrected chi connectivity index (χ0v) is 11.6. The molecule has 8 heteroatoms. The third-order valence-corrected chi connectivity index (χ3v) is 4.43. The molecule has 0 radical (unpaired) electrons.